The van der Waals surface area contributed by atoms with E-state index >= 15 is 0 Å². The molecule has 0 saturated carbocycles. The number of carbonyl (C=O) groups excluding carboxylic acids is 1. The Labute approximate surface area is 125 Å². The van der Waals surface area contributed by atoms with E-state index < -0.39 is 21.7 Å². The zero-order valence-corrected chi connectivity index (χ0v) is 13.7. The molecule has 1 rings (SSSR count). The molecule has 0 saturated heterocycles. The van der Waals surface area contributed by atoms with Crippen molar-refractivity contribution < 1.29 is 17.9 Å². The zero-order chi connectivity index (χ0) is 16.3. The van der Waals surface area contributed by atoms with Crippen LogP contribution in [0.4, 0.5) is 4.79 Å². The summed E-state index contributed by atoms with van der Waals surface area (Å²) < 4.78 is 28.9. The maximum absolute atomic E-state index is 12.0. The summed E-state index contributed by atoms with van der Waals surface area (Å²) in [5.74, 6) is 0.314. The summed E-state index contributed by atoms with van der Waals surface area (Å²) in [7, 11) is -3.82. The molecule has 0 unspecified atom stereocenters. The van der Waals surface area contributed by atoms with E-state index in [2.05, 4.69) is 0 Å². The van der Waals surface area contributed by atoms with Gasteiger partial charge in [0.15, 0.2) is 0 Å². The second-order valence-electron chi connectivity index (χ2n) is 5.96. The third-order valence-electron chi connectivity index (χ3n) is 2.54. The molecule has 1 aromatic rings. The first-order chi connectivity index (χ1) is 9.51. The first-order valence-electron chi connectivity index (χ1n) is 6.62. The Morgan fingerprint density at radius 3 is 2.10 bits per heavy atom. The topological polar surface area (TPSA) is 84.5 Å². The number of nitrogens with one attached hydrogen (secondary N) is 2. The Morgan fingerprint density at radius 2 is 1.67 bits per heavy atom. The number of hydrazine groups is 1. The molecular formula is C14H22N2O4S. The molecule has 0 aromatic heterocycles. The minimum absolute atomic E-state index is 0.0722. The van der Waals surface area contributed by atoms with E-state index in [0.29, 0.717) is 5.92 Å². The summed E-state index contributed by atoms with van der Waals surface area (Å²) >= 11 is 0. The number of amides is 1. The Morgan fingerprint density at radius 1 is 1.14 bits per heavy atom. The lowest BCUT2D eigenvalue weighted by molar-refractivity contribution is 0.0515. The van der Waals surface area contributed by atoms with Crippen molar-refractivity contribution in [3.8, 4) is 0 Å². The number of sulfonamides is 1. The highest BCUT2D eigenvalue weighted by atomic mass is 32.2. The van der Waals surface area contributed by atoms with Crippen LogP contribution in [0.25, 0.3) is 0 Å². The first-order valence-corrected chi connectivity index (χ1v) is 8.10. The molecule has 2 N–H and O–H groups in total. The second kappa shape index (κ2) is 6.44. The summed E-state index contributed by atoms with van der Waals surface area (Å²) in [6.45, 7) is 9.10. The smallest absolute Gasteiger partial charge is 0.423 e. The van der Waals surface area contributed by atoms with Gasteiger partial charge in [0.05, 0.1) is 4.90 Å². The SMILES string of the molecule is CC(C)c1ccc(S(=O)(=O)NNC(=O)OC(C)(C)C)cc1. The van der Waals surface area contributed by atoms with Crippen LogP contribution in [-0.4, -0.2) is 20.1 Å². The van der Waals surface area contributed by atoms with Crippen LogP contribution in [0.15, 0.2) is 29.2 Å². The lowest BCUT2D eigenvalue weighted by Crippen LogP contribution is -2.44. The molecule has 7 heteroatoms. The van der Waals surface area contributed by atoms with Gasteiger partial charge in [-0.3, -0.25) is 0 Å². The Balaban J connectivity index is 2.71. The maximum atomic E-state index is 12.0. The number of benzene rings is 1. The molecule has 6 nitrogen and oxygen atoms in total. The molecular weight excluding hydrogens is 292 g/mol. The molecule has 0 fully saturated rings. The van der Waals surface area contributed by atoms with Crippen LogP contribution in [0.5, 0.6) is 0 Å². The lowest BCUT2D eigenvalue weighted by atomic mass is 10.0. The van der Waals surface area contributed by atoms with Crippen LogP contribution in [0.3, 0.4) is 0 Å². The third kappa shape index (κ3) is 5.73. The monoisotopic (exact) mass is 314 g/mol. The molecule has 0 aliphatic heterocycles. The summed E-state index contributed by atoms with van der Waals surface area (Å²) in [6.07, 6.45) is -0.857. The van der Waals surface area contributed by atoms with Crippen molar-refractivity contribution in [2.45, 2.75) is 51.0 Å². The van der Waals surface area contributed by atoms with Crippen molar-refractivity contribution in [2.24, 2.45) is 0 Å². The van der Waals surface area contributed by atoms with E-state index in [1.54, 1.807) is 32.9 Å². The largest absolute Gasteiger partial charge is 0.443 e. The van der Waals surface area contributed by atoms with Crippen molar-refractivity contribution in [1.29, 1.82) is 0 Å². The summed E-state index contributed by atoms with van der Waals surface area (Å²) in [6, 6.07) is 6.47. The summed E-state index contributed by atoms with van der Waals surface area (Å²) in [5, 5.41) is 0. The van der Waals surface area contributed by atoms with E-state index in [0.717, 1.165) is 5.56 Å². The molecule has 0 heterocycles. The minimum Gasteiger partial charge on any atom is -0.443 e. The minimum atomic E-state index is -3.82. The molecule has 0 radical (unpaired) electrons. The molecule has 21 heavy (non-hydrogen) atoms. The average molecular weight is 314 g/mol. The standard InChI is InChI=1S/C14H22N2O4S/c1-10(2)11-6-8-12(9-7-11)21(18,19)16-15-13(17)20-14(3,4)5/h6-10,16H,1-5H3,(H,15,17). The van der Waals surface area contributed by atoms with Gasteiger partial charge in [-0.2, -0.15) is 0 Å². The van der Waals surface area contributed by atoms with Crippen LogP contribution in [0, 0.1) is 0 Å². The quantitative estimate of drug-likeness (QED) is 0.836. The van der Waals surface area contributed by atoms with Crippen molar-refractivity contribution in [3.63, 3.8) is 0 Å². The van der Waals surface area contributed by atoms with Gasteiger partial charge in [-0.25, -0.2) is 18.6 Å². The Bertz CT molecular complexity index is 586. The number of carbonyl (C=O) groups is 1. The van der Waals surface area contributed by atoms with Gasteiger partial charge in [-0.1, -0.05) is 26.0 Å². The van der Waals surface area contributed by atoms with E-state index in [-0.39, 0.29) is 4.90 Å². The van der Waals surface area contributed by atoms with Crippen molar-refractivity contribution >= 4 is 16.1 Å². The van der Waals surface area contributed by atoms with Crippen LogP contribution in [0.1, 0.15) is 46.1 Å². The van der Waals surface area contributed by atoms with Gasteiger partial charge in [0.25, 0.3) is 10.0 Å². The zero-order valence-electron chi connectivity index (χ0n) is 12.9. The van der Waals surface area contributed by atoms with Crippen LogP contribution in [-0.2, 0) is 14.8 Å². The fraction of sp³-hybridized carbons (Fsp3) is 0.500. The fourth-order valence-electron chi connectivity index (χ4n) is 1.50. The Hall–Kier alpha value is -1.60. The number of ether oxygens (including phenoxy) is 1. The molecule has 1 aromatic carbocycles. The van der Waals surface area contributed by atoms with E-state index in [1.807, 2.05) is 24.1 Å². The van der Waals surface area contributed by atoms with Crippen LogP contribution in [0.2, 0.25) is 0 Å². The van der Waals surface area contributed by atoms with Gasteiger partial charge in [-0.05, 0) is 44.4 Å². The molecule has 0 bridgehead atoms. The Kier molecular flexibility index (Phi) is 5.36. The number of hydrogen-bond donors (Lipinski definition) is 2. The molecule has 0 atom stereocenters. The van der Waals surface area contributed by atoms with Crippen LogP contribution >= 0.6 is 0 Å². The normalized spacial score (nSPS) is 12.3. The predicted molar refractivity (Wildman–Crippen MR) is 80.2 cm³/mol. The summed E-state index contributed by atoms with van der Waals surface area (Å²) in [5.41, 5.74) is 2.35. The highest BCUT2D eigenvalue weighted by Gasteiger charge is 2.19. The van der Waals surface area contributed by atoms with Crippen molar-refractivity contribution in [2.75, 3.05) is 0 Å². The molecule has 1 amide bonds. The van der Waals surface area contributed by atoms with E-state index in [4.69, 9.17) is 4.74 Å². The lowest BCUT2D eigenvalue weighted by Gasteiger charge is -2.19. The van der Waals surface area contributed by atoms with Crippen molar-refractivity contribution in [1.82, 2.24) is 10.3 Å². The highest BCUT2D eigenvalue weighted by molar-refractivity contribution is 7.89. The molecule has 0 spiro atoms. The van der Waals surface area contributed by atoms with Gasteiger partial charge >= 0.3 is 6.09 Å². The van der Waals surface area contributed by atoms with E-state index in [9.17, 15) is 13.2 Å². The summed E-state index contributed by atoms with van der Waals surface area (Å²) in [4.78, 5) is 13.5. The van der Waals surface area contributed by atoms with Gasteiger partial charge < -0.3 is 4.74 Å². The molecule has 0 aliphatic carbocycles. The van der Waals surface area contributed by atoms with E-state index in [1.165, 1.54) is 12.1 Å². The van der Waals surface area contributed by atoms with Crippen LogP contribution < -0.4 is 10.3 Å². The third-order valence-corrected chi connectivity index (χ3v) is 3.81. The van der Waals surface area contributed by atoms with Gasteiger partial charge in [0.2, 0.25) is 0 Å². The highest BCUT2D eigenvalue weighted by Crippen LogP contribution is 2.17. The molecule has 118 valence electrons. The van der Waals surface area contributed by atoms with Gasteiger partial charge in [-0.15, -0.1) is 4.83 Å². The fourth-order valence-corrected chi connectivity index (χ4v) is 2.33. The average Bonchev–Trinajstić information content (AvgIpc) is 2.34. The molecule has 0 aliphatic rings. The number of rotatable bonds is 4. The maximum Gasteiger partial charge on any atom is 0.423 e. The number of hydrogen-bond acceptors (Lipinski definition) is 4. The van der Waals surface area contributed by atoms with Crippen molar-refractivity contribution in [3.05, 3.63) is 29.8 Å². The van der Waals surface area contributed by atoms with Gasteiger partial charge in [0.1, 0.15) is 5.60 Å². The van der Waals surface area contributed by atoms with Gasteiger partial charge in [0, 0.05) is 0 Å². The second-order valence-corrected chi connectivity index (χ2v) is 7.64. The first kappa shape index (κ1) is 17.5. The predicted octanol–water partition coefficient (Wildman–Crippen LogP) is 2.53.